The summed E-state index contributed by atoms with van der Waals surface area (Å²) in [6, 6.07) is 14.6. The number of fused-ring (bicyclic) bond motifs is 1. The molecule has 0 radical (unpaired) electrons. The molecular formula is C17H17N3O3. The summed E-state index contributed by atoms with van der Waals surface area (Å²) in [6.07, 6.45) is 0. The van der Waals surface area contributed by atoms with E-state index in [1.165, 1.54) is 7.11 Å². The van der Waals surface area contributed by atoms with Crippen LogP contribution in [0.5, 0.6) is 11.5 Å². The molecule has 0 saturated carbocycles. The largest absolute Gasteiger partial charge is 0.504 e. The zero-order valence-electron chi connectivity index (χ0n) is 12.6. The van der Waals surface area contributed by atoms with E-state index in [-0.39, 0.29) is 11.7 Å². The van der Waals surface area contributed by atoms with Gasteiger partial charge < -0.3 is 14.8 Å². The second kappa shape index (κ2) is 6.41. The van der Waals surface area contributed by atoms with E-state index >= 15 is 0 Å². The second-order valence-electron chi connectivity index (χ2n) is 5.08. The Morgan fingerprint density at radius 1 is 1.22 bits per heavy atom. The van der Waals surface area contributed by atoms with Crippen molar-refractivity contribution in [1.29, 1.82) is 0 Å². The van der Waals surface area contributed by atoms with Crippen LogP contribution in [0.4, 0.5) is 0 Å². The van der Waals surface area contributed by atoms with Crippen molar-refractivity contribution in [3.05, 3.63) is 59.8 Å². The van der Waals surface area contributed by atoms with Gasteiger partial charge >= 0.3 is 0 Å². The zero-order valence-corrected chi connectivity index (χ0v) is 12.6. The highest BCUT2D eigenvalue weighted by Gasteiger charge is 2.09. The van der Waals surface area contributed by atoms with Gasteiger partial charge in [0.1, 0.15) is 5.69 Å². The number of carbonyl (C=O) groups is 1. The highest BCUT2D eigenvalue weighted by Crippen LogP contribution is 2.25. The highest BCUT2D eigenvalue weighted by molar-refractivity contribution is 5.97. The minimum absolute atomic E-state index is 0.0637. The molecule has 0 fully saturated rings. The summed E-state index contributed by atoms with van der Waals surface area (Å²) in [4.78, 5) is 15.2. The minimum atomic E-state index is -0.251. The number of ether oxygens (including phenoxy) is 1. The van der Waals surface area contributed by atoms with Gasteiger partial charge in [-0.2, -0.15) is 0 Å². The molecule has 4 N–H and O–H groups in total. The van der Waals surface area contributed by atoms with Crippen LogP contribution in [0, 0.1) is 0 Å². The molecule has 23 heavy (non-hydrogen) atoms. The number of aromatic amines is 1. The van der Waals surface area contributed by atoms with Gasteiger partial charge in [0.2, 0.25) is 0 Å². The first-order valence-corrected chi connectivity index (χ1v) is 7.14. The Balaban J connectivity index is 1.59. The Bertz CT molecular complexity index is 809. The molecule has 3 aromatic rings. The Kier molecular flexibility index (Phi) is 4.16. The number of hydrazine groups is 1. The number of H-pyrrole nitrogens is 1. The predicted octanol–water partition coefficient (Wildman–Crippen LogP) is 2.32. The van der Waals surface area contributed by atoms with Crippen molar-refractivity contribution in [3.63, 3.8) is 0 Å². The van der Waals surface area contributed by atoms with Crippen molar-refractivity contribution in [2.75, 3.05) is 7.11 Å². The normalized spacial score (nSPS) is 10.7. The fraction of sp³-hybridized carbons (Fsp3) is 0.118. The molecule has 0 bridgehead atoms. The molecule has 118 valence electrons. The highest BCUT2D eigenvalue weighted by atomic mass is 16.5. The van der Waals surface area contributed by atoms with Crippen molar-refractivity contribution >= 4 is 16.8 Å². The van der Waals surface area contributed by atoms with Gasteiger partial charge in [-0.3, -0.25) is 10.2 Å². The number of phenolic OH excluding ortho intramolecular Hbond substituents is 1. The zero-order chi connectivity index (χ0) is 16.2. The molecule has 3 rings (SSSR count). The van der Waals surface area contributed by atoms with Crippen molar-refractivity contribution in [2.24, 2.45) is 0 Å². The van der Waals surface area contributed by atoms with Crippen LogP contribution in [-0.4, -0.2) is 23.1 Å². The smallest absolute Gasteiger partial charge is 0.281 e. The summed E-state index contributed by atoms with van der Waals surface area (Å²) in [5.41, 5.74) is 7.68. The number of benzene rings is 2. The summed E-state index contributed by atoms with van der Waals surface area (Å²) < 4.78 is 4.99. The molecule has 6 heteroatoms. The first kappa shape index (κ1) is 14.9. The number of methoxy groups -OCH3 is 1. The van der Waals surface area contributed by atoms with E-state index < -0.39 is 0 Å². The van der Waals surface area contributed by atoms with Crippen molar-refractivity contribution in [2.45, 2.75) is 6.54 Å². The van der Waals surface area contributed by atoms with E-state index in [2.05, 4.69) is 15.8 Å². The SMILES string of the molecule is COc1ccc(CNNC(=O)c2cc3ccccc3[nH]2)cc1O. The van der Waals surface area contributed by atoms with Gasteiger partial charge in [0.15, 0.2) is 11.5 Å². The Morgan fingerprint density at radius 2 is 2.04 bits per heavy atom. The average molecular weight is 311 g/mol. The molecular weight excluding hydrogens is 294 g/mol. The van der Waals surface area contributed by atoms with Gasteiger partial charge in [-0.25, -0.2) is 5.43 Å². The maximum absolute atomic E-state index is 12.1. The summed E-state index contributed by atoms with van der Waals surface area (Å²) in [7, 11) is 1.49. The van der Waals surface area contributed by atoms with E-state index in [4.69, 9.17) is 4.74 Å². The standard InChI is InChI=1S/C17H17N3O3/c1-23-16-7-6-11(8-15(16)21)10-18-20-17(22)14-9-12-4-2-3-5-13(12)19-14/h2-9,18-19,21H,10H2,1H3,(H,20,22). The molecule has 2 aromatic carbocycles. The Morgan fingerprint density at radius 3 is 2.78 bits per heavy atom. The summed E-state index contributed by atoms with van der Waals surface area (Å²) in [5.74, 6) is 0.225. The van der Waals surface area contributed by atoms with Crippen LogP contribution in [-0.2, 0) is 6.54 Å². The van der Waals surface area contributed by atoms with Gasteiger partial charge in [-0.05, 0) is 29.8 Å². The summed E-state index contributed by atoms with van der Waals surface area (Å²) >= 11 is 0. The lowest BCUT2D eigenvalue weighted by molar-refractivity contribution is 0.0928. The maximum atomic E-state index is 12.1. The van der Waals surface area contributed by atoms with Crippen LogP contribution in [0.1, 0.15) is 16.1 Å². The molecule has 0 aliphatic carbocycles. The van der Waals surface area contributed by atoms with Crippen LogP contribution in [0.3, 0.4) is 0 Å². The molecule has 1 aromatic heterocycles. The lowest BCUT2D eigenvalue weighted by Gasteiger charge is -2.08. The second-order valence-corrected chi connectivity index (χ2v) is 5.08. The number of hydrogen-bond acceptors (Lipinski definition) is 4. The molecule has 0 spiro atoms. The molecule has 1 heterocycles. The molecule has 1 amide bonds. The van der Waals surface area contributed by atoms with Crippen LogP contribution < -0.4 is 15.6 Å². The number of para-hydroxylation sites is 1. The molecule has 0 unspecified atom stereocenters. The number of aromatic nitrogens is 1. The van der Waals surface area contributed by atoms with Crippen LogP contribution >= 0.6 is 0 Å². The molecule has 0 aliphatic rings. The monoisotopic (exact) mass is 311 g/mol. The quantitative estimate of drug-likeness (QED) is 0.545. The third-order valence-corrected chi connectivity index (χ3v) is 3.51. The number of carbonyl (C=O) groups excluding carboxylic acids is 1. The molecule has 6 nitrogen and oxygen atoms in total. The van der Waals surface area contributed by atoms with Gasteiger partial charge in [0.25, 0.3) is 5.91 Å². The van der Waals surface area contributed by atoms with Crippen molar-refractivity contribution in [1.82, 2.24) is 15.8 Å². The van der Waals surface area contributed by atoms with E-state index in [0.29, 0.717) is 18.0 Å². The Hall–Kier alpha value is -2.99. The van der Waals surface area contributed by atoms with Crippen molar-refractivity contribution in [3.8, 4) is 11.5 Å². The number of phenols is 1. The maximum Gasteiger partial charge on any atom is 0.281 e. The number of hydrogen-bond donors (Lipinski definition) is 4. The van der Waals surface area contributed by atoms with Crippen LogP contribution in [0.15, 0.2) is 48.5 Å². The van der Waals surface area contributed by atoms with Crippen LogP contribution in [0.25, 0.3) is 10.9 Å². The fourth-order valence-electron chi connectivity index (χ4n) is 2.34. The van der Waals surface area contributed by atoms with E-state index in [1.807, 2.05) is 24.3 Å². The first-order valence-electron chi connectivity index (χ1n) is 7.14. The first-order chi connectivity index (χ1) is 11.2. The fourth-order valence-corrected chi connectivity index (χ4v) is 2.34. The van der Waals surface area contributed by atoms with Gasteiger partial charge in [0.05, 0.1) is 7.11 Å². The van der Waals surface area contributed by atoms with Gasteiger partial charge in [-0.15, -0.1) is 0 Å². The van der Waals surface area contributed by atoms with Crippen LogP contribution in [0.2, 0.25) is 0 Å². The van der Waals surface area contributed by atoms with E-state index in [9.17, 15) is 9.90 Å². The van der Waals surface area contributed by atoms with Gasteiger partial charge in [0, 0.05) is 17.4 Å². The predicted molar refractivity (Wildman–Crippen MR) is 87.3 cm³/mol. The summed E-state index contributed by atoms with van der Waals surface area (Å²) in [5, 5.41) is 10.7. The lowest BCUT2D eigenvalue weighted by Crippen LogP contribution is -2.36. The topological polar surface area (TPSA) is 86.4 Å². The number of rotatable bonds is 5. The minimum Gasteiger partial charge on any atom is -0.504 e. The lowest BCUT2D eigenvalue weighted by atomic mass is 10.2. The summed E-state index contributed by atoms with van der Waals surface area (Å²) in [6.45, 7) is 0.378. The molecule has 0 aliphatic heterocycles. The van der Waals surface area contributed by atoms with E-state index in [1.54, 1.807) is 24.3 Å². The van der Waals surface area contributed by atoms with E-state index in [0.717, 1.165) is 16.5 Å². The third-order valence-electron chi connectivity index (χ3n) is 3.51. The number of nitrogens with one attached hydrogen (secondary N) is 3. The molecule has 0 atom stereocenters. The van der Waals surface area contributed by atoms with Crippen molar-refractivity contribution < 1.29 is 14.6 Å². The number of amides is 1. The third kappa shape index (κ3) is 3.27. The number of aromatic hydroxyl groups is 1. The Labute approximate surface area is 133 Å². The average Bonchev–Trinajstić information content (AvgIpc) is 2.99. The molecule has 0 saturated heterocycles. The van der Waals surface area contributed by atoms with Gasteiger partial charge in [-0.1, -0.05) is 24.3 Å².